The van der Waals surface area contributed by atoms with Crippen molar-refractivity contribution in [2.45, 2.75) is 70.8 Å². The van der Waals surface area contributed by atoms with Crippen molar-refractivity contribution >= 4 is 0 Å². The number of hydrogen-bond acceptors (Lipinski definition) is 11. The minimum absolute atomic E-state index is 0.375. The van der Waals surface area contributed by atoms with Gasteiger partial charge in [0.15, 0.2) is 0 Å². The molecule has 0 aromatic heterocycles. The molecule has 1 aromatic rings. The Balaban J connectivity index is 1.18. The third-order valence-electron chi connectivity index (χ3n) is 7.71. The molecule has 0 bridgehead atoms. The van der Waals surface area contributed by atoms with Crippen LogP contribution < -0.4 is 10.1 Å². The van der Waals surface area contributed by atoms with Crippen LogP contribution in [0.5, 0.6) is 5.75 Å². The van der Waals surface area contributed by atoms with Crippen molar-refractivity contribution in [2.75, 3.05) is 132 Å². The molecule has 1 aliphatic rings. The summed E-state index contributed by atoms with van der Waals surface area (Å²) in [4.78, 5) is 0. The van der Waals surface area contributed by atoms with E-state index in [-0.39, 0.29) is 0 Å². The van der Waals surface area contributed by atoms with Gasteiger partial charge < -0.3 is 52.7 Å². The first-order chi connectivity index (χ1) is 23.9. The van der Waals surface area contributed by atoms with Crippen LogP contribution in [0.2, 0.25) is 0 Å². The molecular weight excluding hydrogens is 618 g/mol. The number of hydrogen-bond donors (Lipinski definition) is 1. The topological polar surface area (TPSA) is 104 Å². The van der Waals surface area contributed by atoms with Crippen molar-refractivity contribution in [3.63, 3.8) is 0 Å². The number of ether oxygens (including phenoxy) is 10. The number of piperidine rings is 1. The van der Waals surface area contributed by atoms with Crippen molar-refractivity contribution in [2.24, 2.45) is 0 Å². The highest BCUT2D eigenvalue weighted by Gasteiger charge is 2.12. The Morgan fingerprint density at radius 1 is 0.479 bits per heavy atom. The minimum Gasteiger partial charge on any atom is -0.491 e. The molecule has 1 saturated heterocycles. The molecule has 1 fully saturated rings. The van der Waals surface area contributed by atoms with E-state index in [4.69, 9.17) is 47.4 Å². The Hall–Kier alpha value is -1.38. The zero-order chi connectivity index (χ0) is 33.8. The molecule has 0 amide bonds. The molecule has 280 valence electrons. The summed E-state index contributed by atoms with van der Waals surface area (Å²) in [5, 5.41) is 3.33. The fraction of sp³-hybridized carbons (Fsp3) is 0.838. The van der Waals surface area contributed by atoms with E-state index in [9.17, 15) is 0 Å². The monoisotopic (exact) mass is 685 g/mol. The van der Waals surface area contributed by atoms with E-state index in [0.717, 1.165) is 38.1 Å². The van der Waals surface area contributed by atoms with Gasteiger partial charge in [0, 0.05) is 0 Å². The minimum atomic E-state index is 0.375. The average molecular weight is 686 g/mol. The lowest BCUT2D eigenvalue weighted by Crippen LogP contribution is -2.33. The van der Waals surface area contributed by atoms with Crippen LogP contribution in [0.15, 0.2) is 24.3 Å². The van der Waals surface area contributed by atoms with Crippen molar-refractivity contribution in [3.8, 4) is 5.75 Å². The number of nitrogens with one attached hydrogen (secondary N) is 1. The van der Waals surface area contributed by atoms with E-state index in [1.54, 1.807) is 0 Å². The van der Waals surface area contributed by atoms with Gasteiger partial charge in [-0.15, -0.1) is 0 Å². The van der Waals surface area contributed by atoms with Crippen molar-refractivity contribution in [3.05, 3.63) is 29.8 Å². The van der Waals surface area contributed by atoms with Crippen LogP contribution in [0.25, 0.3) is 0 Å². The normalized spacial score (nSPS) is 13.8. The van der Waals surface area contributed by atoms with E-state index >= 15 is 0 Å². The van der Waals surface area contributed by atoms with Crippen LogP contribution >= 0.6 is 0 Å². The predicted molar refractivity (Wildman–Crippen MR) is 187 cm³/mol. The van der Waals surface area contributed by atoms with E-state index in [2.05, 4.69) is 36.5 Å². The Morgan fingerprint density at radius 3 is 1.33 bits per heavy atom. The van der Waals surface area contributed by atoms with Gasteiger partial charge in [-0.2, -0.15) is 0 Å². The summed E-state index contributed by atoms with van der Waals surface area (Å²) in [6.07, 6.45) is 11.6. The third kappa shape index (κ3) is 27.4. The summed E-state index contributed by atoms with van der Waals surface area (Å²) in [5.41, 5.74) is 1.38. The van der Waals surface area contributed by atoms with Gasteiger partial charge >= 0.3 is 0 Å². The molecule has 2 rings (SSSR count). The van der Waals surface area contributed by atoms with E-state index < -0.39 is 0 Å². The summed E-state index contributed by atoms with van der Waals surface area (Å²) in [6, 6.07) is 8.45. The summed E-state index contributed by atoms with van der Waals surface area (Å²) in [7, 11) is 0. The van der Waals surface area contributed by atoms with Gasteiger partial charge in [-0.25, -0.2) is 0 Å². The Kier molecular flexibility index (Phi) is 30.4. The largest absolute Gasteiger partial charge is 0.491 e. The zero-order valence-corrected chi connectivity index (χ0v) is 30.0. The number of benzene rings is 1. The van der Waals surface area contributed by atoms with Gasteiger partial charge in [0.2, 0.25) is 0 Å². The lowest BCUT2D eigenvalue weighted by atomic mass is 10.0. The first-order valence-corrected chi connectivity index (χ1v) is 18.5. The average Bonchev–Trinajstić information content (AvgIpc) is 3.12. The molecule has 0 radical (unpaired) electrons. The smallest absolute Gasteiger partial charge is 0.119 e. The summed E-state index contributed by atoms with van der Waals surface area (Å²) in [6.45, 7) is 14.2. The maximum atomic E-state index is 5.80. The van der Waals surface area contributed by atoms with E-state index in [1.807, 2.05) is 0 Å². The van der Waals surface area contributed by atoms with Crippen LogP contribution in [-0.2, 0) is 49.1 Å². The highest BCUT2D eigenvalue weighted by Crippen LogP contribution is 2.15. The SMILES string of the molecule is CCCCCCCCc1ccc(OCCOCCOCCOCCOCCOCCOCCOCCOCCOC2CCNCC2)cc1. The second kappa shape index (κ2) is 34.1. The first kappa shape index (κ1) is 42.8. The molecule has 11 nitrogen and oxygen atoms in total. The molecule has 0 atom stereocenters. The quantitative estimate of drug-likeness (QED) is 0.0979. The van der Waals surface area contributed by atoms with Gasteiger partial charge in [-0.05, 0) is 56.5 Å². The molecule has 1 heterocycles. The Bertz CT molecular complexity index is 782. The zero-order valence-electron chi connectivity index (χ0n) is 30.0. The second-order valence-electron chi connectivity index (χ2n) is 11.7. The van der Waals surface area contributed by atoms with Crippen molar-refractivity contribution in [1.82, 2.24) is 5.32 Å². The van der Waals surface area contributed by atoms with Crippen LogP contribution in [0.3, 0.4) is 0 Å². The van der Waals surface area contributed by atoms with Gasteiger partial charge in [-0.1, -0.05) is 51.2 Å². The van der Waals surface area contributed by atoms with Gasteiger partial charge in [0.05, 0.1) is 118 Å². The number of rotatable bonds is 36. The number of unbranched alkanes of at least 4 members (excludes halogenated alkanes) is 5. The number of aryl methyl sites for hydroxylation is 1. The van der Waals surface area contributed by atoms with Gasteiger partial charge in [-0.3, -0.25) is 0 Å². The van der Waals surface area contributed by atoms with Crippen LogP contribution in [0, 0.1) is 0 Å². The molecule has 0 spiro atoms. The molecule has 0 unspecified atom stereocenters. The fourth-order valence-corrected chi connectivity index (χ4v) is 4.96. The second-order valence-corrected chi connectivity index (χ2v) is 11.7. The first-order valence-electron chi connectivity index (χ1n) is 18.5. The molecule has 1 aromatic carbocycles. The van der Waals surface area contributed by atoms with Gasteiger partial charge in [0.1, 0.15) is 12.4 Å². The maximum absolute atomic E-state index is 5.80. The lowest BCUT2D eigenvalue weighted by Gasteiger charge is -2.22. The van der Waals surface area contributed by atoms with Crippen molar-refractivity contribution < 1.29 is 47.4 Å². The highest BCUT2D eigenvalue weighted by atomic mass is 16.6. The summed E-state index contributed by atoms with van der Waals surface area (Å²) >= 11 is 0. The lowest BCUT2D eigenvalue weighted by molar-refractivity contribution is -0.0319. The molecule has 11 heteroatoms. The maximum Gasteiger partial charge on any atom is 0.119 e. The van der Waals surface area contributed by atoms with E-state index in [1.165, 1.54) is 44.1 Å². The standard InChI is InChI=1S/C37H67NO10/c1-2-3-4-5-6-7-8-35-9-11-36(12-10-35)47-33-31-45-29-27-43-25-23-41-21-19-39-17-18-40-20-22-42-24-26-44-28-30-46-32-34-48-37-13-15-38-16-14-37/h9-12,37-38H,2-8,13-34H2,1H3. The van der Waals surface area contributed by atoms with E-state index in [0.29, 0.717) is 125 Å². The fourth-order valence-electron chi connectivity index (χ4n) is 4.96. The predicted octanol–water partition coefficient (Wildman–Crippen LogP) is 4.87. The molecule has 0 aliphatic carbocycles. The molecular formula is C37H67NO10. The van der Waals surface area contributed by atoms with Crippen LogP contribution in [-0.4, -0.2) is 138 Å². The van der Waals surface area contributed by atoms with Crippen molar-refractivity contribution in [1.29, 1.82) is 0 Å². The molecule has 1 N–H and O–H groups in total. The summed E-state index contributed by atoms with van der Waals surface area (Å²) in [5.74, 6) is 0.889. The Labute approximate surface area is 290 Å². The van der Waals surface area contributed by atoms with Crippen LogP contribution in [0.1, 0.15) is 63.9 Å². The van der Waals surface area contributed by atoms with Crippen LogP contribution in [0.4, 0.5) is 0 Å². The molecule has 48 heavy (non-hydrogen) atoms. The van der Waals surface area contributed by atoms with Gasteiger partial charge in [0.25, 0.3) is 0 Å². The Morgan fingerprint density at radius 2 is 0.875 bits per heavy atom. The highest BCUT2D eigenvalue weighted by molar-refractivity contribution is 5.27. The third-order valence-corrected chi connectivity index (χ3v) is 7.71. The molecule has 0 saturated carbocycles. The molecule has 1 aliphatic heterocycles. The summed E-state index contributed by atoms with van der Waals surface area (Å²) < 4.78 is 55.8.